The second-order valence-corrected chi connectivity index (χ2v) is 6.56. The zero-order valence-electron chi connectivity index (χ0n) is 11.6. The third kappa shape index (κ3) is 2.85. The molecule has 0 aromatic heterocycles. The van der Waals surface area contributed by atoms with Gasteiger partial charge < -0.3 is 0 Å². The van der Waals surface area contributed by atoms with Gasteiger partial charge in [0.05, 0.1) is 0 Å². The van der Waals surface area contributed by atoms with Crippen LogP contribution in [0.2, 0.25) is 0 Å². The zero-order valence-corrected chi connectivity index (χ0v) is 13.1. The maximum absolute atomic E-state index is 5.98. The Morgan fingerprint density at radius 1 is 1.06 bits per heavy atom. The van der Waals surface area contributed by atoms with Gasteiger partial charge in [-0.1, -0.05) is 0 Å². The molecule has 0 amide bonds. The molecule has 0 bridgehead atoms. The molecule has 0 saturated carbocycles. The summed E-state index contributed by atoms with van der Waals surface area (Å²) >= 11 is -0.444. The second kappa shape index (κ2) is 6.01. The Bertz CT molecular complexity index is 485. The van der Waals surface area contributed by atoms with Gasteiger partial charge in [0.1, 0.15) is 0 Å². The van der Waals surface area contributed by atoms with Crippen LogP contribution in [-0.4, -0.2) is 0 Å². The summed E-state index contributed by atoms with van der Waals surface area (Å²) in [5.41, 5.74) is 5.75. The molecule has 1 unspecified atom stereocenters. The van der Waals surface area contributed by atoms with Crippen LogP contribution in [0.3, 0.4) is 0 Å². The van der Waals surface area contributed by atoms with Crippen LogP contribution in [0.1, 0.15) is 33.3 Å². The fourth-order valence-electron chi connectivity index (χ4n) is 2.30. The number of hydrogen-bond acceptors (Lipinski definition) is 1. The van der Waals surface area contributed by atoms with E-state index in [9.17, 15) is 0 Å². The number of benzene rings is 1. The van der Waals surface area contributed by atoms with Crippen LogP contribution in [0.15, 0.2) is 50.9 Å². The minimum atomic E-state index is -0.444. The Kier molecular flexibility index (Phi) is 4.61. The Hall–Kier alpha value is -0.626. The molecule has 1 aliphatic rings. The molecule has 0 spiro atoms. The van der Waals surface area contributed by atoms with Gasteiger partial charge in [0, 0.05) is 0 Å². The van der Waals surface area contributed by atoms with Crippen LogP contribution in [0.4, 0.5) is 0 Å². The van der Waals surface area contributed by atoms with E-state index < -0.39 is 19.5 Å². The average molecular weight is 276 g/mol. The van der Waals surface area contributed by atoms with Crippen molar-refractivity contribution in [3.05, 3.63) is 56.5 Å². The van der Waals surface area contributed by atoms with Crippen LogP contribution in [0.5, 0.6) is 0 Å². The summed E-state index contributed by atoms with van der Waals surface area (Å²) < 4.78 is 7.55. The van der Waals surface area contributed by atoms with Crippen LogP contribution < -0.4 is 0 Å². The third-order valence-corrected chi connectivity index (χ3v) is 5.96. The first-order valence-corrected chi connectivity index (χ1v) is 7.83. The number of allylic oxidation sites excluding steroid dienone is 4. The average Bonchev–Trinajstić information content (AvgIpc) is 2.57. The van der Waals surface area contributed by atoms with E-state index in [0.717, 1.165) is 6.61 Å². The van der Waals surface area contributed by atoms with Crippen molar-refractivity contribution in [3.63, 3.8) is 0 Å². The fourth-order valence-corrected chi connectivity index (χ4v) is 4.06. The molecule has 94 valence electrons. The van der Waals surface area contributed by atoms with Crippen molar-refractivity contribution < 1.29 is 22.9 Å². The predicted molar refractivity (Wildman–Crippen MR) is 71.5 cm³/mol. The standard InChI is InChI=1S/C9H13.C7H7O.Ti/c1-6-5-7(2)9(4)8(6)3;8-6-7-4-2-1-3-5-7;/h6H,1-4H3;1-5H,6H2;/q;-1;+1. The van der Waals surface area contributed by atoms with E-state index >= 15 is 0 Å². The maximum atomic E-state index is 5.98. The van der Waals surface area contributed by atoms with Gasteiger partial charge in [-0.25, -0.2) is 0 Å². The van der Waals surface area contributed by atoms with E-state index in [1.807, 2.05) is 6.07 Å². The van der Waals surface area contributed by atoms with E-state index in [0.29, 0.717) is 5.92 Å². The summed E-state index contributed by atoms with van der Waals surface area (Å²) in [6, 6.07) is 10.4. The molecule has 1 aromatic carbocycles. The summed E-state index contributed by atoms with van der Waals surface area (Å²) in [4.78, 5) is 0. The SMILES string of the molecule is CC1=C(C)C(C)[C]([Ti][O]Cc2ccccc2)=C1C. The molecule has 0 fully saturated rings. The van der Waals surface area contributed by atoms with Gasteiger partial charge in [0.2, 0.25) is 0 Å². The monoisotopic (exact) mass is 276 g/mol. The quantitative estimate of drug-likeness (QED) is 0.738. The van der Waals surface area contributed by atoms with Gasteiger partial charge in [-0.2, -0.15) is 0 Å². The summed E-state index contributed by atoms with van der Waals surface area (Å²) in [6.07, 6.45) is 0. The van der Waals surface area contributed by atoms with E-state index in [4.69, 9.17) is 3.32 Å². The van der Waals surface area contributed by atoms with Crippen molar-refractivity contribution in [2.75, 3.05) is 0 Å². The van der Waals surface area contributed by atoms with Gasteiger partial charge in [-0.3, -0.25) is 0 Å². The van der Waals surface area contributed by atoms with E-state index in [2.05, 4.69) is 52.0 Å². The molecular formula is C16H20OTi. The molecule has 2 rings (SSSR count). The van der Waals surface area contributed by atoms with Crippen LogP contribution in [0.25, 0.3) is 0 Å². The third-order valence-electron chi connectivity index (χ3n) is 3.90. The Morgan fingerprint density at radius 3 is 2.28 bits per heavy atom. The number of rotatable bonds is 4. The molecule has 1 aromatic rings. The summed E-state index contributed by atoms with van der Waals surface area (Å²) in [6.45, 7) is 9.78. The van der Waals surface area contributed by atoms with Gasteiger partial charge in [-0.15, -0.1) is 0 Å². The summed E-state index contributed by atoms with van der Waals surface area (Å²) in [7, 11) is 0. The second-order valence-electron chi connectivity index (χ2n) is 4.94. The molecular weight excluding hydrogens is 256 g/mol. The van der Waals surface area contributed by atoms with Crippen molar-refractivity contribution in [1.82, 2.24) is 0 Å². The molecule has 0 aliphatic heterocycles. The van der Waals surface area contributed by atoms with Crippen molar-refractivity contribution in [1.29, 1.82) is 0 Å². The van der Waals surface area contributed by atoms with Crippen molar-refractivity contribution in [2.45, 2.75) is 34.3 Å². The van der Waals surface area contributed by atoms with Crippen molar-refractivity contribution in [2.24, 2.45) is 5.92 Å². The van der Waals surface area contributed by atoms with Gasteiger partial charge in [-0.05, 0) is 0 Å². The van der Waals surface area contributed by atoms with Gasteiger partial charge in [0.25, 0.3) is 0 Å². The summed E-state index contributed by atoms with van der Waals surface area (Å²) in [5, 5.41) is 0. The number of hydrogen-bond donors (Lipinski definition) is 0. The Balaban J connectivity index is 1.93. The van der Waals surface area contributed by atoms with Crippen molar-refractivity contribution in [3.8, 4) is 0 Å². The summed E-state index contributed by atoms with van der Waals surface area (Å²) in [5.74, 6) is 0.598. The van der Waals surface area contributed by atoms with Crippen molar-refractivity contribution >= 4 is 0 Å². The van der Waals surface area contributed by atoms with E-state index in [1.165, 1.54) is 22.3 Å². The van der Waals surface area contributed by atoms with Gasteiger partial charge in [0.15, 0.2) is 0 Å². The normalized spacial score (nSPS) is 19.7. The first-order valence-electron chi connectivity index (χ1n) is 6.41. The molecule has 0 N–H and O–H groups in total. The van der Waals surface area contributed by atoms with Crippen LogP contribution >= 0.6 is 0 Å². The van der Waals surface area contributed by atoms with Crippen LogP contribution in [-0.2, 0) is 29.5 Å². The van der Waals surface area contributed by atoms with Gasteiger partial charge >= 0.3 is 120 Å². The molecule has 0 radical (unpaired) electrons. The molecule has 2 heteroatoms. The minimum absolute atomic E-state index is 0.444. The van der Waals surface area contributed by atoms with E-state index in [-0.39, 0.29) is 0 Å². The molecule has 1 atom stereocenters. The van der Waals surface area contributed by atoms with E-state index in [1.54, 1.807) is 3.88 Å². The predicted octanol–water partition coefficient (Wildman–Crippen LogP) is 4.46. The Morgan fingerprint density at radius 2 is 1.72 bits per heavy atom. The topological polar surface area (TPSA) is 9.23 Å². The molecule has 1 aliphatic carbocycles. The molecule has 1 nitrogen and oxygen atoms in total. The fraction of sp³-hybridized carbons (Fsp3) is 0.375. The first-order chi connectivity index (χ1) is 8.61. The zero-order chi connectivity index (χ0) is 13.1. The Labute approximate surface area is 119 Å². The van der Waals surface area contributed by atoms with Crippen LogP contribution in [0, 0.1) is 5.92 Å². The first kappa shape index (κ1) is 13.8. The molecule has 18 heavy (non-hydrogen) atoms. The molecule has 0 heterocycles. The molecule has 0 saturated heterocycles.